The van der Waals surface area contributed by atoms with Gasteiger partial charge in [0.2, 0.25) is 0 Å². The molecule has 1 aromatic heterocycles. The number of pyridine rings is 1. The van der Waals surface area contributed by atoms with Crippen LogP contribution in [-0.2, 0) is 15.7 Å². The van der Waals surface area contributed by atoms with Gasteiger partial charge in [-0.25, -0.2) is 4.98 Å². The zero-order valence-electron chi connectivity index (χ0n) is 9.66. The van der Waals surface area contributed by atoms with Crippen LogP contribution in [0.25, 0.3) is 0 Å². The van der Waals surface area contributed by atoms with E-state index in [1.165, 1.54) is 24.9 Å². The van der Waals surface area contributed by atoms with Crippen molar-refractivity contribution in [3.63, 3.8) is 0 Å². The van der Waals surface area contributed by atoms with Crippen LogP contribution in [0, 0.1) is 0 Å². The van der Waals surface area contributed by atoms with E-state index in [1.807, 2.05) is 0 Å². The molecule has 0 atom stereocenters. The molecule has 0 amide bonds. The number of alkyl halides is 3. The Kier molecular flexibility index (Phi) is 5.46. The number of hydrogen-bond acceptors (Lipinski definition) is 4. The van der Waals surface area contributed by atoms with Gasteiger partial charge in [-0.2, -0.15) is 13.2 Å². The molecule has 1 aromatic rings. The fraction of sp³-hybridized carbons (Fsp3) is 0.455. The number of nitrogens with zero attached hydrogens (tertiary/aromatic N) is 1. The van der Waals surface area contributed by atoms with Gasteiger partial charge in [-0.3, -0.25) is 4.79 Å². The largest absolute Gasteiger partial charge is 0.469 e. The molecule has 1 heterocycles. The SMILES string of the molecule is COC(=O)CCCSc1ccc(C(F)(F)F)cn1. The summed E-state index contributed by atoms with van der Waals surface area (Å²) in [5.41, 5.74) is -0.763. The Morgan fingerprint density at radius 3 is 2.67 bits per heavy atom. The summed E-state index contributed by atoms with van der Waals surface area (Å²) in [6.07, 6.45) is -2.66. The van der Waals surface area contributed by atoms with Gasteiger partial charge in [0.05, 0.1) is 17.7 Å². The van der Waals surface area contributed by atoms with Gasteiger partial charge in [0.25, 0.3) is 0 Å². The van der Waals surface area contributed by atoms with Crippen LogP contribution in [0.5, 0.6) is 0 Å². The zero-order chi connectivity index (χ0) is 13.6. The zero-order valence-corrected chi connectivity index (χ0v) is 10.5. The van der Waals surface area contributed by atoms with Crippen LogP contribution in [0.15, 0.2) is 23.4 Å². The molecule has 18 heavy (non-hydrogen) atoms. The number of aromatic nitrogens is 1. The Hall–Kier alpha value is -1.24. The van der Waals surface area contributed by atoms with Gasteiger partial charge in [0.15, 0.2) is 0 Å². The van der Waals surface area contributed by atoms with Gasteiger partial charge in [0, 0.05) is 18.4 Å². The summed E-state index contributed by atoms with van der Waals surface area (Å²) in [5.74, 6) is 0.309. The summed E-state index contributed by atoms with van der Waals surface area (Å²) in [5, 5.41) is 0.507. The van der Waals surface area contributed by atoms with E-state index in [4.69, 9.17) is 0 Å². The molecule has 0 unspecified atom stereocenters. The van der Waals surface area contributed by atoms with Gasteiger partial charge >= 0.3 is 12.1 Å². The molecule has 0 aromatic carbocycles. The van der Waals surface area contributed by atoms with Gasteiger partial charge in [-0.15, -0.1) is 11.8 Å². The molecule has 0 aliphatic rings. The van der Waals surface area contributed by atoms with Crippen LogP contribution in [0.1, 0.15) is 18.4 Å². The molecule has 1 rings (SSSR count). The molecule has 0 bridgehead atoms. The molecular formula is C11H12F3NO2S. The van der Waals surface area contributed by atoms with Crippen molar-refractivity contribution in [2.45, 2.75) is 24.0 Å². The maximum Gasteiger partial charge on any atom is 0.417 e. The Morgan fingerprint density at radius 1 is 1.44 bits per heavy atom. The number of carbonyl (C=O) groups is 1. The molecule has 0 saturated carbocycles. The van der Waals surface area contributed by atoms with Crippen LogP contribution in [0.4, 0.5) is 13.2 Å². The van der Waals surface area contributed by atoms with Crippen LogP contribution in [0.3, 0.4) is 0 Å². The molecule has 0 radical (unpaired) electrons. The van der Waals surface area contributed by atoms with E-state index in [9.17, 15) is 18.0 Å². The second kappa shape index (κ2) is 6.63. The Labute approximate surface area is 107 Å². The van der Waals surface area contributed by atoms with E-state index >= 15 is 0 Å². The van der Waals surface area contributed by atoms with Crippen molar-refractivity contribution in [1.82, 2.24) is 4.98 Å². The minimum Gasteiger partial charge on any atom is -0.469 e. The van der Waals surface area contributed by atoms with Gasteiger partial charge < -0.3 is 4.74 Å². The highest BCUT2D eigenvalue weighted by molar-refractivity contribution is 7.99. The van der Waals surface area contributed by atoms with Gasteiger partial charge in [0.1, 0.15) is 0 Å². The average molecular weight is 279 g/mol. The summed E-state index contributed by atoms with van der Waals surface area (Å²) < 4.78 is 41.2. The fourth-order valence-corrected chi connectivity index (χ4v) is 1.92. The van der Waals surface area contributed by atoms with E-state index in [1.54, 1.807) is 0 Å². The van der Waals surface area contributed by atoms with Gasteiger partial charge in [-0.1, -0.05) is 0 Å². The Morgan fingerprint density at radius 2 is 2.17 bits per heavy atom. The van der Waals surface area contributed by atoms with Crippen molar-refractivity contribution in [2.75, 3.05) is 12.9 Å². The fourth-order valence-electron chi connectivity index (χ4n) is 1.13. The first-order valence-corrected chi connectivity index (χ1v) is 6.15. The van der Waals surface area contributed by atoms with Crippen molar-refractivity contribution in [2.24, 2.45) is 0 Å². The monoisotopic (exact) mass is 279 g/mol. The van der Waals surface area contributed by atoms with E-state index in [-0.39, 0.29) is 5.97 Å². The van der Waals surface area contributed by atoms with Crippen LogP contribution >= 0.6 is 11.8 Å². The summed E-state index contributed by atoms with van der Waals surface area (Å²) in [6.45, 7) is 0. The number of hydrogen-bond donors (Lipinski definition) is 0. The minimum absolute atomic E-state index is 0.295. The summed E-state index contributed by atoms with van der Waals surface area (Å²) >= 11 is 1.31. The maximum atomic E-state index is 12.3. The van der Waals surface area contributed by atoms with Crippen molar-refractivity contribution in [1.29, 1.82) is 0 Å². The average Bonchev–Trinajstić information content (AvgIpc) is 2.33. The normalized spacial score (nSPS) is 11.3. The summed E-state index contributed by atoms with van der Waals surface area (Å²) in [7, 11) is 1.31. The second-order valence-electron chi connectivity index (χ2n) is 3.41. The summed E-state index contributed by atoms with van der Waals surface area (Å²) in [6, 6.07) is 2.32. The number of ether oxygens (including phenoxy) is 1. The highest BCUT2D eigenvalue weighted by Crippen LogP contribution is 2.29. The number of methoxy groups -OCH3 is 1. The molecule has 7 heteroatoms. The molecule has 0 fully saturated rings. The lowest BCUT2D eigenvalue weighted by molar-refractivity contribution is -0.140. The molecule has 100 valence electrons. The van der Waals surface area contributed by atoms with E-state index in [0.29, 0.717) is 23.6 Å². The molecule has 0 saturated heterocycles. The van der Waals surface area contributed by atoms with Crippen molar-refractivity contribution in [3.05, 3.63) is 23.9 Å². The highest BCUT2D eigenvalue weighted by Gasteiger charge is 2.30. The number of esters is 1. The third kappa shape index (κ3) is 4.95. The molecule has 0 aliphatic carbocycles. The maximum absolute atomic E-state index is 12.3. The lowest BCUT2D eigenvalue weighted by atomic mass is 10.3. The van der Waals surface area contributed by atoms with Crippen molar-refractivity contribution in [3.8, 4) is 0 Å². The smallest absolute Gasteiger partial charge is 0.417 e. The third-order valence-electron chi connectivity index (χ3n) is 2.07. The van der Waals surface area contributed by atoms with Crippen LogP contribution in [0.2, 0.25) is 0 Å². The number of carbonyl (C=O) groups excluding carboxylic acids is 1. The lowest BCUT2D eigenvalue weighted by Crippen LogP contribution is -2.05. The van der Waals surface area contributed by atoms with Gasteiger partial charge in [-0.05, 0) is 18.6 Å². The predicted octanol–water partition coefficient (Wildman–Crippen LogP) is 3.15. The molecule has 0 N–H and O–H groups in total. The topological polar surface area (TPSA) is 39.2 Å². The quantitative estimate of drug-likeness (QED) is 0.471. The molecular weight excluding hydrogens is 267 g/mol. The van der Waals surface area contributed by atoms with Crippen molar-refractivity contribution < 1.29 is 22.7 Å². The molecule has 0 aliphatic heterocycles. The lowest BCUT2D eigenvalue weighted by Gasteiger charge is -2.06. The third-order valence-corrected chi connectivity index (χ3v) is 3.10. The molecule has 0 spiro atoms. The second-order valence-corrected chi connectivity index (χ2v) is 4.53. The first-order valence-electron chi connectivity index (χ1n) is 5.16. The summed E-state index contributed by atoms with van der Waals surface area (Å²) in [4.78, 5) is 14.5. The van der Waals surface area contributed by atoms with E-state index in [2.05, 4.69) is 9.72 Å². The Balaban J connectivity index is 2.38. The number of halogens is 3. The Bertz CT molecular complexity index is 392. The highest BCUT2D eigenvalue weighted by atomic mass is 32.2. The standard InChI is InChI=1S/C11H12F3NO2S/c1-17-10(16)3-2-6-18-9-5-4-8(7-15-9)11(12,13)14/h4-5,7H,2-3,6H2,1H3. The first-order chi connectivity index (χ1) is 8.43. The first kappa shape index (κ1) is 14.8. The van der Waals surface area contributed by atoms with E-state index in [0.717, 1.165) is 12.3 Å². The van der Waals surface area contributed by atoms with Crippen LogP contribution < -0.4 is 0 Å². The van der Waals surface area contributed by atoms with Crippen molar-refractivity contribution >= 4 is 17.7 Å². The van der Waals surface area contributed by atoms with Crippen LogP contribution in [-0.4, -0.2) is 23.8 Å². The predicted molar refractivity (Wildman–Crippen MR) is 61.2 cm³/mol. The minimum atomic E-state index is -4.36. The molecule has 3 nitrogen and oxygen atoms in total. The van der Waals surface area contributed by atoms with E-state index < -0.39 is 11.7 Å². The number of rotatable bonds is 5. The number of thioether (sulfide) groups is 1.